The summed E-state index contributed by atoms with van der Waals surface area (Å²) in [5, 5.41) is 10.7. The Balaban J connectivity index is 2.22. The van der Waals surface area contributed by atoms with Crippen molar-refractivity contribution in [2.45, 2.75) is 32.6 Å². The number of nitrogens with one attached hydrogen (secondary N) is 1. The van der Waals surface area contributed by atoms with Gasteiger partial charge in [-0.05, 0) is 12.8 Å². The van der Waals surface area contributed by atoms with Crippen LogP contribution >= 0.6 is 0 Å². The third-order valence-corrected chi connectivity index (χ3v) is 3.30. The minimum Gasteiger partial charge on any atom is -0.481 e. The lowest BCUT2D eigenvalue weighted by atomic mass is 10.2. The maximum Gasteiger partial charge on any atom is 0.324 e. The summed E-state index contributed by atoms with van der Waals surface area (Å²) in [6.07, 6.45) is 0.998. The van der Waals surface area contributed by atoms with Crippen molar-refractivity contribution >= 4 is 23.8 Å². The van der Waals surface area contributed by atoms with Crippen LogP contribution in [0, 0.1) is 0 Å². The number of imide groups is 1. The smallest absolute Gasteiger partial charge is 0.324 e. The van der Waals surface area contributed by atoms with Crippen molar-refractivity contribution in [2.75, 3.05) is 26.2 Å². The zero-order valence-corrected chi connectivity index (χ0v) is 12.1. The Hall–Kier alpha value is -2.12. The minimum atomic E-state index is -0.894. The van der Waals surface area contributed by atoms with E-state index in [1.807, 2.05) is 0 Å². The Morgan fingerprint density at radius 3 is 2.00 bits per heavy atom. The fourth-order valence-electron chi connectivity index (χ4n) is 2.05. The normalized spacial score (nSPS) is 14.7. The van der Waals surface area contributed by atoms with Crippen LogP contribution in [0.2, 0.25) is 0 Å². The van der Waals surface area contributed by atoms with Crippen molar-refractivity contribution in [2.24, 2.45) is 0 Å². The van der Waals surface area contributed by atoms with E-state index in [-0.39, 0.29) is 18.7 Å². The van der Waals surface area contributed by atoms with Gasteiger partial charge in [-0.3, -0.25) is 19.7 Å². The van der Waals surface area contributed by atoms with Gasteiger partial charge >= 0.3 is 12.0 Å². The van der Waals surface area contributed by atoms with Crippen LogP contribution in [0.4, 0.5) is 4.79 Å². The lowest BCUT2D eigenvalue weighted by molar-refractivity contribution is -0.137. The summed E-state index contributed by atoms with van der Waals surface area (Å²) >= 11 is 0. The van der Waals surface area contributed by atoms with Gasteiger partial charge < -0.3 is 14.9 Å². The van der Waals surface area contributed by atoms with Crippen molar-refractivity contribution in [3.05, 3.63) is 0 Å². The first kappa shape index (κ1) is 16.9. The number of nitrogens with zero attached hydrogens (tertiary/aromatic N) is 2. The second-order valence-corrected chi connectivity index (χ2v) is 4.95. The number of carbonyl (C=O) groups excluding carboxylic acids is 3. The molecular formula is C13H21N3O5. The molecule has 0 saturated carbocycles. The molecular weight excluding hydrogens is 278 g/mol. The maximum atomic E-state index is 11.8. The largest absolute Gasteiger partial charge is 0.481 e. The predicted octanol–water partition coefficient (Wildman–Crippen LogP) is 0.0317. The Morgan fingerprint density at radius 1 is 0.952 bits per heavy atom. The van der Waals surface area contributed by atoms with Crippen molar-refractivity contribution in [1.29, 1.82) is 0 Å². The molecule has 1 fully saturated rings. The summed E-state index contributed by atoms with van der Waals surface area (Å²) in [7, 11) is 0. The predicted molar refractivity (Wildman–Crippen MR) is 73.5 cm³/mol. The Bertz CT molecular complexity index is 416. The second kappa shape index (κ2) is 8.23. The summed E-state index contributed by atoms with van der Waals surface area (Å²) in [5.74, 6) is -1.32. The average Bonchev–Trinajstić information content (AvgIpc) is 2.43. The molecule has 0 unspecified atom stereocenters. The standard InChI is InChI=1S/C13H21N3O5/c1-10(17)15-6-8-16(9-7-15)13(21)14-11(18)4-2-3-5-12(19)20/h2-9H2,1H3,(H,19,20)(H,14,18,21). The Kier molecular flexibility index (Phi) is 6.64. The summed E-state index contributed by atoms with van der Waals surface area (Å²) in [6, 6.07) is -0.457. The van der Waals surface area contributed by atoms with Crippen molar-refractivity contribution in [3.8, 4) is 0 Å². The molecule has 0 aromatic carbocycles. The third kappa shape index (κ3) is 6.24. The molecule has 0 aliphatic carbocycles. The lowest BCUT2D eigenvalue weighted by Gasteiger charge is -2.33. The number of hydrogen-bond donors (Lipinski definition) is 2. The highest BCUT2D eigenvalue weighted by molar-refractivity contribution is 5.94. The first-order chi connectivity index (χ1) is 9.90. The van der Waals surface area contributed by atoms with Gasteiger partial charge in [0.05, 0.1) is 0 Å². The van der Waals surface area contributed by atoms with Gasteiger partial charge in [0.25, 0.3) is 0 Å². The fourth-order valence-corrected chi connectivity index (χ4v) is 2.05. The van der Waals surface area contributed by atoms with Gasteiger partial charge in [-0.15, -0.1) is 0 Å². The first-order valence-corrected chi connectivity index (χ1v) is 6.96. The molecule has 8 nitrogen and oxygen atoms in total. The SMILES string of the molecule is CC(=O)N1CCN(C(=O)NC(=O)CCCCC(=O)O)CC1. The summed E-state index contributed by atoms with van der Waals surface area (Å²) in [5.41, 5.74) is 0. The molecule has 0 bridgehead atoms. The van der Waals surface area contributed by atoms with Crippen LogP contribution in [0.1, 0.15) is 32.6 Å². The van der Waals surface area contributed by atoms with Gasteiger partial charge in [0.1, 0.15) is 0 Å². The molecule has 0 atom stereocenters. The van der Waals surface area contributed by atoms with E-state index in [0.717, 1.165) is 0 Å². The zero-order valence-electron chi connectivity index (χ0n) is 12.1. The maximum absolute atomic E-state index is 11.8. The van der Waals surface area contributed by atoms with Gasteiger partial charge in [-0.2, -0.15) is 0 Å². The molecule has 2 N–H and O–H groups in total. The van der Waals surface area contributed by atoms with Crippen LogP contribution < -0.4 is 5.32 Å². The number of piperazine rings is 1. The van der Waals surface area contributed by atoms with Gasteiger partial charge in [0.2, 0.25) is 11.8 Å². The molecule has 1 saturated heterocycles. The average molecular weight is 299 g/mol. The van der Waals surface area contributed by atoms with Crippen LogP contribution in [-0.2, 0) is 14.4 Å². The minimum absolute atomic E-state index is 0.0221. The molecule has 1 aliphatic rings. The number of carbonyl (C=O) groups is 4. The highest BCUT2D eigenvalue weighted by Crippen LogP contribution is 2.03. The number of hydrogen-bond acceptors (Lipinski definition) is 4. The van der Waals surface area contributed by atoms with Gasteiger partial charge in [-0.25, -0.2) is 4.79 Å². The first-order valence-electron chi connectivity index (χ1n) is 6.96. The van der Waals surface area contributed by atoms with E-state index < -0.39 is 17.9 Å². The molecule has 0 aromatic heterocycles. The van der Waals surface area contributed by atoms with Gasteiger partial charge in [0, 0.05) is 45.9 Å². The number of carboxylic acids is 1. The van der Waals surface area contributed by atoms with E-state index in [2.05, 4.69) is 5.32 Å². The van der Waals surface area contributed by atoms with Gasteiger partial charge in [0.15, 0.2) is 0 Å². The van der Waals surface area contributed by atoms with Crippen molar-refractivity contribution in [3.63, 3.8) is 0 Å². The molecule has 8 heteroatoms. The van der Waals surface area contributed by atoms with E-state index in [9.17, 15) is 19.2 Å². The molecule has 21 heavy (non-hydrogen) atoms. The number of aliphatic carboxylic acids is 1. The summed E-state index contributed by atoms with van der Waals surface area (Å²) in [4.78, 5) is 48.0. The molecule has 1 heterocycles. The van der Waals surface area contributed by atoms with Crippen molar-refractivity contribution in [1.82, 2.24) is 15.1 Å². The molecule has 1 aliphatic heterocycles. The van der Waals surface area contributed by atoms with E-state index in [0.29, 0.717) is 39.0 Å². The third-order valence-electron chi connectivity index (χ3n) is 3.30. The molecule has 4 amide bonds. The molecule has 0 radical (unpaired) electrons. The Labute approximate surface area is 123 Å². The number of carboxylic acid groups (broad SMARTS) is 1. The van der Waals surface area contributed by atoms with E-state index in [4.69, 9.17) is 5.11 Å². The lowest BCUT2D eigenvalue weighted by Crippen LogP contribution is -2.53. The fraction of sp³-hybridized carbons (Fsp3) is 0.692. The van der Waals surface area contributed by atoms with Crippen LogP contribution in [0.15, 0.2) is 0 Å². The van der Waals surface area contributed by atoms with Crippen LogP contribution in [0.3, 0.4) is 0 Å². The summed E-state index contributed by atoms with van der Waals surface area (Å²) in [6.45, 7) is 3.22. The monoisotopic (exact) mass is 299 g/mol. The highest BCUT2D eigenvalue weighted by atomic mass is 16.4. The number of unbranched alkanes of at least 4 members (excludes halogenated alkanes) is 1. The molecule has 0 aromatic rings. The van der Waals surface area contributed by atoms with Gasteiger partial charge in [-0.1, -0.05) is 0 Å². The van der Waals surface area contributed by atoms with Crippen LogP contribution in [0.5, 0.6) is 0 Å². The van der Waals surface area contributed by atoms with Crippen LogP contribution in [0.25, 0.3) is 0 Å². The molecule has 0 spiro atoms. The number of rotatable bonds is 5. The number of amides is 4. The van der Waals surface area contributed by atoms with Crippen LogP contribution in [-0.4, -0.2) is 64.9 Å². The highest BCUT2D eigenvalue weighted by Gasteiger charge is 2.23. The van der Waals surface area contributed by atoms with E-state index in [1.54, 1.807) is 4.90 Å². The van der Waals surface area contributed by atoms with Crippen molar-refractivity contribution < 1.29 is 24.3 Å². The zero-order chi connectivity index (χ0) is 15.8. The Morgan fingerprint density at radius 2 is 1.48 bits per heavy atom. The quantitative estimate of drug-likeness (QED) is 0.697. The summed E-state index contributed by atoms with van der Waals surface area (Å²) < 4.78 is 0. The second-order valence-electron chi connectivity index (χ2n) is 4.95. The molecule has 1 rings (SSSR count). The molecule has 118 valence electrons. The topological polar surface area (TPSA) is 107 Å². The van der Waals surface area contributed by atoms with E-state index in [1.165, 1.54) is 11.8 Å². The van der Waals surface area contributed by atoms with E-state index >= 15 is 0 Å². The number of urea groups is 1.